The molecule has 2 heterocycles. The summed E-state index contributed by atoms with van der Waals surface area (Å²) in [5.41, 5.74) is 0.999. The lowest BCUT2D eigenvalue weighted by molar-refractivity contribution is -0.134. The summed E-state index contributed by atoms with van der Waals surface area (Å²) in [6.07, 6.45) is 0.946. The largest absolute Gasteiger partial charge is 0.493 e. The highest BCUT2D eigenvalue weighted by Crippen LogP contribution is 2.40. The third kappa shape index (κ3) is 5.38. The van der Waals surface area contributed by atoms with Crippen molar-refractivity contribution in [2.45, 2.75) is 45.3 Å². The molecule has 0 saturated carbocycles. The number of hydrogen-bond acceptors (Lipinski definition) is 6. The van der Waals surface area contributed by atoms with Crippen LogP contribution in [0, 0.1) is 0 Å². The first-order valence-electron chi connectivity index (χ1n) is 11.1. The Balaban J connectivity index is 1.57. The van der Waals surface area contributed by atoms with E-state index in [0.717, 1.165) is 31.6 Å². The zero-order chi connectivity index (χ0) is 23.5. The Labute approximate surface area is 196 Å². The molecule has 0 radical (unpaired) electrons. The van der Waals surface area contributed by atoms with E-state index in [1.165, 1.54) is 0 Å². The van der Waals surface area contributed by atoms with E-state index in [0.29, 0.717) is 42.0 Å². The summed E-state index contributed by atoms with van der Waals surface area (Å²) in [7, 11) is 4.86. The molecule has 0 aliphatic carbocycles. The maximum atomic E-state index is 13.0. The number of amides is 1. The Morgan fingerprint density at radius 2 is 1.75 bits per heavy atom. The van der Waals surface area contributed by atoms with E-state index in [4.69, 9.17) is 26.4 Å². The van der Waals surface area contributed by atoms with Crippen molar-refractivity contribution in [3.63, 3.8) is 0 Å². The molecule has 1 aromatic rings. The van der Waals surface area contributed by atoms with Gasteiger partial charge in [0.15, 0.2) is 16.6 Å². The lowest BCUT2D eigenvalue weighted by Gasteiger charge is -2.45. The summed E-state index contributed by atoms with van der Waals surface area (Å²) in [6, 6.07) is 4.14. The van der Waals surface area contributed by atoms with Crippen LogP contribution in [-0.2, 0) is 11.3 Å². The van der Waals surface area contributed by atoms with Crippen LogP contribution < -0.4 is 19.5 Å². The number of nitrogens with zero attached hydrogens (tertiary/aromatic N) is 3. The van der Waals surface area contributed by atoms with Gasteiger partial charge in [-0.25, -0.2) is 0 Å². The quantitative estimate of drug-likeness (QED) is 0.616. The van der Waals surface area contributed by atoms with Crippen molar-refractivity contribution in [2.75, 3.05) is 54.1 Å². The van der Waals surface area contributed by atoms with Crippen LogP contribution >= 0.6 is 12.2 Å². The van der Waals surface area contributed by atoms with E-state index in [2.05, 4.69) is 31.0 Å². The minimum Gasteiger partial charge on any atom is -0.493 e. The third-order valence-corrected chi connectivity index (χ3v) is 6.59. The number of benzene rings is 1. The molecule has 178 valence electrons. The molecule has 1 N–H and O–H groups in total. The Kier molecular flexibility index (Phi) is 7.71. The predicted octanol–water partition coefficient (Wildman–Crippen LogP) is 2.10. The van der Waals surface area contributed by atoms with Crippen molar-refractivity contribution in [3.8, 4) is 17.2 Å². The first kappa shape index (κ1) is 24.4. The topological polar surface area (TPSA) is 66.5 Å². The molecule has 2 aliphatic rings. The first-order chi connectivity index (χ1) is 15.2. The van der Waals surface area contributed by atoms with E-state index < -0.39 is 0 Å². The summed E-state index contributed by atoms with van der Waals surface area (Å²) in [4.78, 5) is 19.3. The average molecular weight is 465 g/mol. The van der Waals surface area contributed by atoms with Crippen molar-refractivity contribution in [1.29, 1.82) is 0 Å². The van der Waals surface area contributed by atoms with Gasteiger partial charge in [0.25, 0.3) is 0 Å². The number of piperazine rings is 1. The molecule has 2 saturated heterocycles. The summed E-state index contributed by atoms with van der Waals surface area (Å²) in [5, 5.41) is 4.02. The number of carbonyl (C=O) groups excluding carboxylic acids is 1. The van der Waals surface area contributed by atoms with E-state index in [1.807, 2.05) is 21.9 Å². The number of carbonyl (C=O) groups is 1. The minimum absolute atomic E-state index is 0.0349. The summed E-state index contributed by atoms with van der Waals surface area (Å²) in [5.74, 6) is 2.06. The Bertz CT molecular complexity index is 840. The highest BCUT2D eigenvalue weighted by molar-refractivity contribution is 7.80. The maximum Gasteiger partial charge on any atom is 0.242 e. The number of nitrogens with one attached hydrogen (secondary N) is 1. The lowest BCUT2D eigenvalue weighted by atomic mass is 9.93. The van der Waals surface area contributed by atoms with E-state index in [-0.39, 0.29) is 17.5 Å². The van der Waals surface area contributed by atoms with Crippen molar-refractivity contribution in [1.82, 2.24) is 20.0 Å². The lowest BCUT2D eigenvalue weighted by Crippen LogP contribution is -2.62. The summed E-state index contributed by atoms with van der Waals surface area (Å²) >= 11 is 5.53. The fraction of sp³-hybridized carbons (Fsp3) is 0.652. The molecule has 2 fully saturated rings. The van der Waals surface area contributed by atoms with Crippen LogP contribution in [0.3, 0.4) is 0 Å². The molecule has 8 nitrogen and oxygen atoms in total. The van der Waals surface area contributed by atoms with Gasteiger partial charge in [-0.2, -0.15) is 0 Å². The molecule has 9 heteroatoms. The van der Waals surface area contributed by atoms with Gasteiger partial charge >= 0.3 is 0 Å². The summed E-state index contributed by atoms with van der Waals surface area (Å²) in [6.45, 7) is 10.5. The van der Waals surface area contributed by atoms with Crippen LogP contribution in [0.15, 0.2) is 12.1 Å². The van der Waals surface area contributed by atoms with E-state index >= 15 is 0 Å². The van der Waals surface area contributed by atoms with Crippen LogP contribution in [0.1, 0.15) is 32.8 Å². The Morgan fingerprint density at radius 3 is 2.31 bits per heavy atom. The summed E-state index contributed by atoms with van der Waals surface area (Å²) < 4.78 is 16.5. The standard InChI is InChI=1S/C23H36N4O4S/c1-16-13-23(2,3)24-22(32)27(16)15-19(28)26-11-9-25(10-12-26)14-17-7-8-18(29-4)21(31-6)20(17)30-5/h7-8,16H,9-15H2,1-6H3,(H,24,32). The Hall–Kier alpha value is -2.26. The van der Waals surface area contributed by atoms with Crippen LogP contribution in [0.5, 0.6) is 17.2 Å². The maximum absolute atomic E-state index is 13.0. The SMILES string of the molecule is COc1ccc(CN2CCN(C(=O)CN3C(=S)NC(C)(C)CC3C)CC2)c(OC)c1OC. The minimum atomic E-state index is -0.0349. The average Bonchev–Trinajstić information content (AvgIpc) is 2.75. The van der Waals surface area contributed by atoms with Gasteiger partial charge in [-0.15, -0.1) is 0 Å². The molecule has 32 heavy (non-hydrogen) atoms. The monoisotopic (exact) mass is 464 g/mol. The van der Waals surface area contributed by atoms with Gasteiger partial charge in [0.1, 0.15) is 0 Å². The fourth-order valence-electron chi connectivity index (χ4n) is 4.62. The number of methoxy groups -OCH3 is 3. The Morgan fingerprint density at radius 1 is 1.09 bits per heavy atom. The normalized spacial score (nSPS) is 21.2. The molecule has 0 spiro atoms. The predicted molar refractivity (Wildman–Crippen MR) is 129 cm³/mol. The molecule has 3 rings (SSSR count). The van der Waals surface area contributed by atoms with Gasteiger partial charge in [0.2, 0.25) is 11.7 Å². The molecule has 1 unspecified atom stereocenters. The smallest absolute Gasteiger partial charge is 0.242 e. The highest BCUT2D eigenvalue weighted by atomic mass is 32.1. The zero-order valence-electron chi connectivity index (χ0n) is 20.1. The zero-order valence-corrected chi connectivity index (χ0v) is 20.9. The van der Waals surface area contributed by atoms with Gasteiger partial charge in [-0.05, 0) is 45.5 Å². The van der Waals surface area contributed by atoms with Gasteiger partial charge in [-0.3, -0.25) is 9.69 Å². The fourth-order valence-corrected chi connectivity index (χ4v) is 5.14. The molecule has 2 aliphatic heterocycles. The molecular formula is C23H36N4O4S. The molecular weight excluding hydrogens is 428 g/mol. The van der Waals surface area contributed by atoms with Crippen molar-refractivity contribution < 1.29 is 19.0 Å². The second-order valence-electron chi connectivity index (χ2n) is 9.15. The van der Waals surface area contributed by atoms with E-state index in [1.54, 1.807) is 21.3 Å². The van der Waals surface area contributed by atoms with Crippen LogP contribution in [0.25, 0.3) is 0 Å². The second-order valence-corrected chi connectivity index (χ2v) is 9.53. The van der Waals surface area contributed by atoms with Crippen molar-refractivity contribution in [3.05, 3.63) is 17.7 Å². The van der Waals surface area contributed by atoms with Gasteiger partial charge in [0.05, 0.1) is 27.9 Å². The van der Waals surface area contributed by atoms with Crippen LogP contribution in [-0.4, -0.2) is 91.4 Å². The molecule has 1 atom stereocenters. The number of hydrogen-bond donors (Lipinski definition) is 1. The third-order valence-electron chi connectivity index (χ3n) is 6.25. The second kappa shape index (κ2) is 10.1. The molecule has 1 amide bonds. The van der Waals surface area contributed by atoms with Crippen molar-refractivity contribution in [2.24, 2.45) is 0 Å². The number of ether oxygens (including phenoxy) is 3. The van der Waals surface area contributed by atoms with Gasteiger partial charge in [0, 0.05) is 49.9 Å². The van der Waals surface area contributed by atoms with Gasteiger partial charge < -0.3 is 29.3 Å². The number of rotatable bonds is 7. The molecule has 0 bridgehead atoms. The highest BCUT2D eigenvalue weighted by Gasteiger charge is 2.35. The van der Waals surface area contributed by atoms with Gasteiger partial charge in [-0.1, -0.05) is 6.07 Å². The molecule has 1 aromatic carbocycles. The first-order valence-corrected chi connectivity index (χ1v) is 11.5. The van der Waals surface area contributed by atoms with Crippen LogP contribution in [0.2, 0.25) is 0 Å². The number of thiocarbonyl (C=S) groups is 1. The van der Waals surface area contributed by atoms with E-state index in [9.17, 15) is 4.79 Å². The molecule has 0 aromatic heterocycles. The van der Waals surface area contributed by atoms with Crippen LogP contribution in [0.4, 0.5) is 0 Å². The van der Waals surface area contributed by atoms with Crippen molar-refractivity contribution >= 4 is 23.2 Å².